The number of nitrogens with zero attached hydrogens (tertiary/aromatic N) is 1. The summed E-state index contributed by atoms with van der Waals surface area (Å²) in [6.07, 6.45) is 2.82. The van der Waals surface area contributed by atoms with Crippen molar-refractivity contribution in [3.05, 3.63) is 65.7 Å². The average molecular weight is 336 g/mol. The summed E-state index contributed by atoms with van der Waals surface area (Å²) in [5.74, 6) is -0.394. The largest absolute Gasteiger partial charge is 0.497 e. The van der Waals surface area contributed by atoms with Crippen molar-refractivity contribution in [1.29, 1.82) is 5.26 Å². The molecule has 2 rings (SSSR count). The molecule has 25 heavy (non-hydrogen) atoms. The molecule has 0 saturated carbocycles. The molecule has 0 aliphatic heterocycles. The van der Waals surface area contributed by atoms with E-state index in [2.05, 4.69) is 5.32 Å². The molecule has 126 valence electrons. The fourth-order valence-corrected chi connectivity index (χ4v) is 1.93. The van der Waals surface area contributed by atoms with E-state index >= 15 is 0 Å². The molecule has 6 nitrogen and oxygen atoms in total. The van der Waals surface area contributed by atoms with E-state index in [9.17, 15) is 9.59 Å². The molecule has 0 bridgehead atoms. The monoisotopic (exact) mass is 336 g/mol. The summed E-state index contributed by atoms with van der Waals surface area (Å²) in [5.41, 5.74) is 1.70. The molecule has 0 saturated heterocycles. The van der Waals surface area contributed by atoms with Gasteiger partial charge < -0.3 is 14.8 Å². The number of anilines is 1. The number of esters is 1. The Labute approximate surface area is 145 Å². The SMILES string of the molecule is COc1ccc(/C=C/C(=O)OCC(=O)Nc2cccc(C#N)c2)cc1. The minimum absolute atomic E-state index is 0.414. The summed E-state index contributed by atoms with van der Waals surface area (Å²) in [6.45, 7) is -0.414. The lowest BCUT2D eigenvalue weighted by Gasteiger charge is -2.05. The van der Waals surface area contributed by atoms with Crippen LogP contribution in [0.1, 0.15) is 11.1 Å². The highest BCUT2D eigenvalue weighted by Gasteiger charge is 2.06. The zero-order valence-electron chi connectivity index (χ0n) is 13.6. The topological polar surface area (TPSA) is 88.4 Å². The highest BCUT2D eigenvalue weighted by atomic mass is 16.5. The predicted molar refractivity (Wildman–Crippen MR) is 92.8 cm³/mol. The molecule has 1 amide bonds. The van der Waals surface area contributed by atoms with Gasteiger partial charge in [-0.15, -0.1) is 0 Å². The molecular formula is C19H16N2O4. The minimum Gasteiger partial charge on any atom is -0.497 e. The summed E-state index contributed by atoms with van der Waals surface area (Å²) < 4.78 is 9.92. The van der Waals surface area contributed by atoms with Crippen LogP contribution in [0.3, 0.4) is 0 Å². The predicted octanol–water partition coefficient (Wildman–Crippen LogP) is 2.76. The van der Waals surface area contributed by atoms with E-state index in [1.807, 2.05) is 6.07 Å². The fourth-order valence-electron chi connectivity index (χ4n) is 1.93. The number of hydrogen-bond acceptors (Lipinski definition) is 5. The van der Waals surface area contributed by atoms with Crippen molar-refractivity contribution in [3.63, 3.8) is 0 Å². The third-order valence-corrected chi connectivity index (χ3v) is 3.15. The summed E-state index contributed by atoms with van der Waals surface area (Å²) >= 11 is 0. The van der Waals surface area contributed by atoms with Gasteiger partial charge in [-0.3, -0.25) is 4.79 Å². The van der Waals surface area contributed by atoms with Gasteiger partial charge in [0.2, 0.25) is 0 Å². The van der Waals surface area contributed by atoms with Crippen LogP contribution in [0.4, 0.5) is 5.69 Å². The Balaban J connectivity index is 1.81. The molecule has 0 unspecified atom stereocenters. The maximum absolute atomic E-state index is 11.8. The van der Waals surface area contributed by atoms with Crippen LogP contribution in [0.15, 0.2) is 54.6 Å². The molecule has 6 heteroatoms. The Kier molecular flexibility index (Phi) is 6.32. The standard InChI is InChI=1S/C19H16N2O4/c1-24-17-8-5-14(6-9-17)7-10-19(23)25-13-18(22)21-16-4-2-3-15(11-16)12-20/h2-11H,13H2,1H3,(H,21,22)/b10-7+. The van der Waals surface area contributed by atoms with E-state index in [4.69, 9.17) is 14.7 Å². The van der Waals surface area contributed by atoms with E-state index in [1.165, 1.54) is 12.1 Å². The van der Waals surface area contributed by atoms with Crippen LogP contribution in [0, 0.1) is 11.3 Å². The number of nitrogens with one attached hydrogen (secondary N) is 1. The minimum atomic E-state index is -0.628. The van der Waals surface area contributed by atoms with Crippen molar-refractivity contribution in [1.82, 2.24) is 0 Å². The quantitative estimate of drug-likeness (QED) is 0.647. The second-order valence-electron chi connectivity index (χ2n) is 4.95. The van der Waals surface area contributed by atoms with Crippen molar-refractivity contribution >= 4 is 23.6 Å². The van der Waals surface area contributed by atoms with E-state index in [0.29, 0.717) is 11.3 Å². The second-order valence-corrected chi connectivity index (χ2v) is 4.95. The van der Waals surface area contributed by atoms with Crippen LogP contribution < -0.4 is 10.1 Å². The number of hydrogen-bond donors (Lipinski definition) is 1. The summed E-state index contributed by atoms with van der Waals surface area (Å²) in [7, 11) is 1.57. The van der Waals surface area contributed by atoms with Crippen LogP contribution in [-0.2, 0) is 14.3 Å². The first-order chi connectivity index (χ1) is 12.1. The molecule has 0 spiro atoms. The normalized spacial score (nSPS) is 10.1. The molecule has 0 aliphatic rings. The molecule has 2 aromatic carbocycles. The van der Waals surface area contributed by atoms with E-state index < -0.39 is 18.5 Å². The third kappa shape index (κ3) is 5.84. The molecule has 0 aromatic heterocycles. The lowest BCUT2D eigenvalue weighted by Crippen LogP contribution is -2.20. The summed E-state index contributed by atoms with van der Waals surface area (Å²) in [6, 6.07) is 15.5. The fraction of sp³-hybridized carbons (Fsp3) is 0.105. The Morgan fingerprint density at radius 3 is 2.64 bits per heavy atom. The third-order valence-electron chi connectivity index (χ3n) is 3.15. The van der Waals surface area contributed by atoms with Gasteiger partial charge in [0.25, 0.3) is 5.91 Å². The van der Waals surface area contributed by atoms with Gasteiger partial charge in [-0.2, -0.15) is 5.26 Å². The van der Waals surface area contributed by atoms with Crippen molar-refractivity contribution in [2.45, 2.75) is 0 Å². The Morgan fingerprint density at radius 1 is 1.20 bits per heavy atom. The first kappa shape index (κ1) is 17.8. The van der Waals surface area contributed by atoms with Gasteiger partial charge in [0.15, 0.2) is 6.61 Å². The summed E-state index contributed by atoms with van der Waals surface area (Å²) in [5, 5.41) is 11.4. The van der Waals surface area contributed by atoms with E-state index in [-0.39, 0.29) is 0 Å². The number of carbonyl (C=O) groups is 2. The number of carbonyl (C=O) groups excluding carboxylic acids is 2. The summed E-state index contributed by atoms with van der Waals surface area (Å²) in [4.78, 5) is 23.4. The van der Waals surface area contributed by atoms with Crippen LogP contribution in [0.5, 0.6) is 5.75 Å². The van der Waals surface area contributed by atoms with Crippen molar-refractivity contribution in [2.75, 3.05) is 19.0 Å². The number of rotatable bonds is 6. The average Bonchev–Trinajstić information content (AvgIpc) is 2.65. The maximum Gasteiger partial charge on any atom is 0.331 e. The highest BCUT2D eigenvalue weighted by molar-refractivity contribution is 5.94. The molecule has 0 heterocycles. The van der Waals surface area contributed by atoms with Crippen molar-refractivity contribution < 1.29 is 19.1 Å². The van der Waals surface area contributed by atoms with Crippen molar-refractivity contribution in [2.24, 2.45) is 0 Å². The Morgan fingerprint density at radius 2 is 1.96 bits per heavy atom. The number of ether oxygens (including phenoxy) is 2. The van der Waals surface area contributed by atoms with Crippen LogP contribution >= 0.6 is 0 Å². The molecule has 2 aromatic rings. The van der Waals surface area contributed by atoms with Gasteiger partial charge in [-0.05, 0) is 42.0 Å². The zero-order chi connectivity index (χ0) is 18.1. The van der Waals surface area contributed by atoms with Gasteiger partial charge in [-0.25, -0.2) is 4.79 Å². The number of nitriles is 1. The lowest BCUT2D eigenvalue weighted by atomic mass is 10.2. The van der Waals surface area contributed by atoms with Gasteiger partial charge in [-0.1, -0.05) is 18.2 Å². The van der Waals surface area contributed by atoms with Gasteiger partial charge in [0.1, 0.15) is 5.75 Å². The van der Waals surface area contributed by atoms with E-state index in [0.717, 1.165) is 11.3 Å². The van der Waals surface area contributed by atoms with Crippen molar-refractivity contribution in [3.8, 4) is 11.8 Å². The Bertz CT molecular complexity index is 820. The van der Waals surface area contributed by atoms with E-state index in [1.54, 1.807) is 55.7 Å². The molecular weight excluding hydrogens is 320 g/mol. The first-order valence-corrected chi connectivity index (χ1v) is 7.39. The van der Waals surface area contributed by atoms with Gasteiger partial charge in [0, 0.05) is 11.8 Å². The molecule has 1 N–H and O–H groups in total. The number of methoxy groups -OCH3 is 1. The van der Waals surface area contributed by atoms with Crippen LogP contribution in [0.2, 0.25) is 0 Å². The maximum atomic E-state index is 11.8. The molecule has 0 atom stereocenters. The molecule has 0 fully saturated rings. The molecule has 0 aliphatic carbocycles. The lowest BCUT2D eigenvalue weighted by molar-refractivity contribution is -0.142. The zero-order valence-corrected chi connectivity index (χ0v) is 13.6. The van der Waals surface area contributed by atoms with Crippen LogP contribution in [-0.4, -0.2) is 25.6 Å². The molecule has 0 radical (unpaired) electrons. The highest BCUT2D eigenvalue weighted by Crippen LogP contribution is 2.12. The van der Waals surface area contributed by atoms with Gasteiger partial charge in [0.05, 0.1) is 18.7 Å². The van der Waals surface area contributed by atoms with Crippen LogP contribution in [0.25, 0.3) is 6.08 Å². The Hall–Kier alpha value is -3.59. The van der Waals surface area contributed by atoms with Gasteiger partial charge >= 0.3 is 5.97 Å². The smallest absolute Gasteiger partial charge is 0.331 e. The number of amides is 1. The second kappa shape index (κ2) is 8.89. The first-order valence-electron chi connectivity index (χ1n) is 7.39. The number of benzene rings is 2.